The number of para-hydroxylation sites is 1. The average molecular weight is 384 g/mol. The predicted octanol–water partition coefficient (Wildman–Crippen LogP) is 1.95. The molecule has 0 unspecified atom stereocenters. The van der Waals surface area contributed by atoms with Crippen molar-refractivity contribution in [1.82, 2.24) is 19.6 Å². The van der Waals surface area contributed by atoms with Gasteiger partial charge in [0.05, 0.1) is 30.6 Å². The van der Waals surface area contributed by atoms with E-state index in [1.165, 1.54) is 0 Å². The molecule has 0 fully saturated rings. The molecular formula is C21H28N4O3. The van der Waals surface area contributed by atoms with Gasteiger partial charge >= 0.3 is 0 Å². The van der Waals surface area contributed by atoms with Crippen molar-refractivity contribution >= 4 is 5.91 Å². The molecule has 4 rings (SSSR count). The normalized spacial score (nSPS) is 18.4. The van der Waals surface area contributed by atoms with Gasteiger partial charge in [-0.15, -0.1) is 0 Å². The highest BCUT2D eigenvalue weighted by molar-refractivity contribution is 5.78. The van der Waals surface area contributed by atoms with Crippen LogP contribution in [0.5, 0.6) is 5.75 Å². The van der Waals surface area contributed by atoms with Crippen molar-refractivity contribution in [2.75, 3.05) is 26.2 Å². The monoisotopic (exact) mass is 384 g/mol. The molecule has 28 heavy (non-hydrogen) atoms. The lowest BCUT2D eigenvalue weighted by Crippen LogP contribution is -2.40. The molecule has 1 aromatic carbocycles. The molecule has 1 amide bonds. The SMILES string of the molecule is CC[C@H](O)c1cc2n(n1)CCCN(C(=O)CN1CCOc3ccccc3C1)C2. The van der Waals surface area contributed by atoms with Crippen molar-refractivity contribution in [2.45, 2.75) is 45.5 Å². The first kappa shape index (κ1) is 19.0. The number of amides is 1. The molecule has 2 aromatic rings. The van der Waals surface area contributed by atoms with Gasteiger partial charge in [-0.25, -0.2) is 0 Å². The number of hydrogen-bond donors (Lipinski definition) is 1. The van der Waals surface area contributed by atoms with Crippen LogP contribution in [0.3, 0.4) is 0 Å². The van der Waals surface area contributed by atoms with E-state index in [4.69, 9.17) is 4.74 Å². The van der Waals surface area contributed by atoms with E-state index in [0.717, 1.165) is 49.6 Å². The van der Waals surface area contributed by atoms with Crippen LogP contribution in [0, 0.1) is 0 Å². The maximum absolute atomic E-state index is 13.0. The number of aliphatic hydroxyl groups is 1. The molecule has 3 heterocycles. The van der Waals surface area contributed by atoms with Crippen molar-refractivity contribution in [2.24, 2.45) is 0 Å². The summed E-state index contributed by atoms with van der Waals surface area (Å²) in [4.78, 5) is 17.1. The Kier molecular flexibility index (Phi) is 5.64. The van der Waals surface area contributed by atoms with Crippen LogP contribution >= 0.6 is 0 Å². The van der Waals surface area contributed by atoms with Gasteiger partial charge in [0, 0.05) is 31.7 Å². The smallest absolute Gasteiger partial charge is 0.237 e. The van der Waals surface area contributed by atoms with Gasteiger partial charge in [0.1, 0.15) is 12.4 Å². The second kappa shape index (κ2) is 8.32. The number of rotatable bonds is 4. The lowest BCUT2D eigenvalue weighted by atomic mass is 10.2. The minimum atomic E-state index is -0.541. The number of benzene rings is 1. The lowest BCUT2D eigenvalue weighted by Gasteiger charge is -2.25. The second-order valence-electron chi connectivity index (χ2n) is 7.54. The molecule has 1 atom stereocenters. The number of carbonyl (C=O) groups is 1. The van der Waals surface area contributed by atoms with Crippen LogP contribution in [-0.2, 0) is 24.4 Å². The molecular weight excluding hydrogens is 356 g/mol. The molecule has 1 aromatic heterocycles. The van der Waals surface area contributed by atoms with Crippen LogP contribution < -0.4 is 4.74 Å². The number of aryl methyl sites for hydroxylation is 1. The fourth-order valence-electron chi connectivity index (χ4n) is 3.88. The van der Waals surface area contributed by atoms with Gasteiger partial charge in [-0.05, 0) is 25.0 Å². The minimum absolute atomic E-state index is 0.131. The summed E-state index contributed by atoms with van der Waals surface area (Å²) in [6.07, 6.45) is 0.965. The minimum Gasteiger partial charge on any atom is -0.492 e. The van der Waals surface area contributed by atoms with Gasteiger partial charge in [-0.2, -0.15) is 5.10 Å². The third-order valence-corrected chi connectivity index (χ3v) is 5.50. The summed E-state index contributed by atoms with van der Waals surface area (Å²) in [5.41, 5.74) is 2.82. The van der Waals surface area contributed by atoms with E-state index in [0.29, 0.717) is 31.8 Å². The van der Waals surface area contributed by atoms with Gasteiger partial charge < -0.3 is 14.7 Å². The zero-order valence-corrected chi connectivity index (χ0v) is 16.4. The Morgan fingerprint density at radius 1 is 1.25 bits per heavy atom. The molecule has 2 aliphatic rings. The summed E-state index contributed by atoms with van der Waals surface area (Å²) in [6, 6.07) is 9.97. The maximum Gasteiger partial charge on any atom is 0.237 e. The zero-order valence-electron chi connectivity index (χ0n) is 16.4. The van der Waals surface area contributed by atoms with Crippen molar-refractivity contribution < 1.29 is 14.6 Å². The Morgan fingerprint density at radius 3 is 2.96 bits per heavy atom. The lowest BCUT2D eigenvalue weighted by molar-refractivity contribution is -0.133. The number of hydrogen-bond acceptors (Lipinski definition) is 5. The molecule has 7 nitrogen and oxygen atoms in total. The van der Waals surface area contributed by atoms with E-state index in [-0.39, 0.29) is 5.91 Å². The number of nitrogens with zero attached hydrogens (tertiary/aromatic N) is 4. The third-order valence-electron chi connectivity index (χ3n) is 5.50. The van der Waals surface area contributed by atoms with E-state index >= 15 is 0 Å². The van der Waals surface area contributed by atoms with Crippen molar-refractivity contribution in [3.63, 3.8) is 0 Å². The van der Waals surface area contributed by atoms with E-state index in [1.54, 1.807) is 0 Å². The fourth-order valence-corrected chi connectivity index (χ4v) is 3.88. The maximum atomic E-state index is 13.0. The second-order valence-corrected chi connectivity index (χ2v) is 7.54. The molecule has 7 heteroatoms. The fraction of sp³-hybridized carbons (Fsp3) is 0.524. The Hall–Kier alpha value is -2.38. The number of fused-ring (bicyclic) bond motifs is 2. The van der Waals surface area contributed by atoms with Crippen molar-refractivity contribution in [3.05, 3.63) is 47.3 Å². The highest BCUT2D eigenvalue weighted by atomic mass is 16.5. The molecule has 1 N–H and O–H groups in total. The highest BCUT2D eigenvalue weighted by Crippen LogP contribution is 2.23. The summed E-state index contributed by atoms with van der Waals surface area (Å²) >= 11 is 0. The number of ether oxygens (including phenoxy) is 1. The predicted molar refractivity (Wildman–Crippen MR) is 105 cm³/mol. The molecule has 0 saturated heterocycles. The Balaban J connectivity index is 1.43. The van der Waals surface area contributed by atoms with Crippen LogP contribution in [0.25, 0.3) is 0 Å². The molecule has 0 radical (unpaired) electrons. The Labute approximate surface area is 165 Å². The first-order valence-corrected chi connectivity index (χ1v) is 10.1. The highest BCUT2D eigenvalue weighted by Gasteiger charge is 2.24. The summed E-state index contributed by atoms with van der Waals surface area (Å²) in [6.45, 7) is 6.43. The van der Waals surface area contributed by atoms with E-state index in [1.807, 2.05) is 40.8 Å². The first-order valence-electron chi connectivity index (χ1n) is 10.1. The number of aliphatic hydroxyl groups excluding tert-OH is 1. The summed E-state index contributed by atoms with van der Waals surface area (Å²) in [5.74, 6) is 1.05. The Morgan fingerprint density at radius 2 is 2.11 bits per heavy atom. The van der Waals surface area contributed by atoms with E-state index in [9.17, 15) is 9.90 Å². The van der Waals surface area contributed by atoms with E-state index < -0.39 is 6.10 Å². The molecule has 0 bridgehead atoms. The Bertz CT molecular complexity index is 835. The van der Waals surface area contributed by atoms with Gasteiger partial charge in [0.25, 0.3) is 0 Å². The van der Waals surface area contributed by atoms with Crippen LogP contribution in [-0.4, -0.2) is 56.8 Å². The van der Waals surface area contributed by atoms with E-state index in [2.05, 4.69) is 16.1 Å². The van der Waals surface area contributed by atoms with Crippen LogP contribution in [0.1, 0.15) is 42.8 Å². The zero-order chi connectivity index (χ0) is 19.5. The van der Waals surface area contributed by atoms with Gasteiger partial charge in [0.2, 0.25) is 5.91 Å². The molecule has 2 aliphatic heterocycles. The number of aromatic nitrogens is 2. The van der Waals surface area contributed by atoms with Crippen LogP contribution in [0.2, 0.25) is 0 Å². The standard InChI is InChI=1S/C21H28N4O3/c1-2-19(26)18-12-17-14-24(8-5-9-25(17)22-18)21(27)15-23-10-11-28-20-7-4-3-6-16(20)13-23/h3-4,6-7,12,19,26H,2,5,8-11,13-15H2,1H3/t19-/m0/s1. The van der Waals surface area contributed by atoms with Gasteiger partial charge in [-0.1, -0.05) is 25.1 Å². The molecule has 0 aliphatic carbocycles. The molecule has 0 saturated carbocycles. The summed E-state index contributed by atoms with van der Waals surface area (Å²) in [5, 5.41) is 14.6. The molecule has 150 valence electrons. The topological polar surface area (TPSA) is 70.8 Å². The first-order chi connectivity index (χ1) is 13.6. The van der Waals surface area contributed by atoms with Crippen LogP contribution in [0.4, 0.5) is 0 Å². The van der Waals surface area contributed by atoms with Crippen molar-refractivity contribution in [1.29, 1.82) is 0 Å². The quantitative estimate of drug-likeness (QED) is 0.873. The van der Waals surface area contributed by atoms with Gasteiger partial charge in [0.15, 0.2) is 0 Å². The summed E-state index contributed by atoms with van der Waals surface area (Å²) < 4.78 is 7.75. The largest absolute Gasteiger partial charge is 0.492 e. The van der Waals surface area contributed by atoms with Crippen LogP contribution in [0.15, 0.2) is 30.3 Å². The molecule has 0 spiro atoms. The average Bonchev–Trinajstić information content (AvgIpc) is 2.87. The third kappa shape index (κ3) is 4.05. The van der Waals surface area contributed by atoms with Crippen molar-refractivity contribution in [3.8, 4) is 5.75 Å². The van der Waals surface area contributed by atoms with Gasteiger partial charge in [-0.3, -0.25) is 14.4 Å². The number of carbonyl (C=O) groups excluding carboxylic acids is 1. The summed E-state index contributed by atoms with van der Waals surface area (Å²) in [7, 11) is 0.